The van der Waals surface area contributed by atoms with Crippen molar-refractivity contribution in [1.82, 2.24) is 4.90 Å². The van der Waals surface area contributed by atoms with Crippen molar-refractivity contribution in [2.45, 2.75) is 13.3 Å². The molecule has 0 saturated carbocycles. The fraction of sp³-hybridized carbons (Fsp3) is 0.409. The molecule has 0 bridgehead atoms. The Morgan fingerprint density at radius 1 is 1.03 bits per heavy atom. The van der Waals surface area contributed by atoms with Gasteiger partial charge in [-0.15, -0.1) is 0 Å². The summed E-state index contributed by atoms with van der Waals surface area (Å²) in [5.41, 5.74) is 1.97. The van der Waals surface area contributed by atoms with E-state index in [4.69, 9.17) is 0 Å². The van der Waals surface area contributed by atoms with Crippen LogP contribution in [-0.4, -0.2) is 63.0 Å². The largest absolute Gasteiger partial charge is 0.330 e. The number of aromatic amines is 1. The molecule has 154 valence electrons. The van der Waals surface area contributed by atoms with E-state index in [9.17, 15) is 9.59 Å². The average molecular weight is 398 g/mol. The van der Waals surface area contributed by atoms with E-state index in [0.29, 0.717) is 19.6 Å². The van der Waals surface area contributed by atoms with E-state index >= 15 is 0 Å². The van der Waals surface area contributed by atoms with Crippen LogP contribution in [-0.2, 0) is 16.0 Å². The molecule has 2 amide bonds. The molecule has 1 aromatic carbocycles. The van der Waals surface area contributed by atoms with Gasteiger partial charge in [0.15, 0.2) is 13.1 Å². The SMILES string of the molecule is CCc1ccccc1NC(=O)C[NH+](C)CC(=O)N1CCN(c2cccc[nH+]2)CC1. The minimum Gasteiger partial charge on any atom is -0.330 e. The van der Waals surface area contributed by atoms with Crippen molar-refractivity contribution >= 4 is 23.3 Å². The van der Waals surface area contributed by atoms with Crippen molar-refractivity contribution in [2.24, 2.45) is 0 Å². The molecule has 7 nitrogen and oxygen atoms in total. The Bertz CT molecular complexity index is 819. The van der Waals surface area contributed by atoms with Gasteiger partial charge >= 0.3 is 0 Å². The highest BCUT2D eigenvalue weighted by Crippen LogP contribution is 2.14. The number of aryl methyl sites for hydroxylation is 1. The Kier molecular flexibility index (Phi) is 7.19. The van der Waals surface area contributed by atoms with Gasteiger partial charge in [-0.25, -0.2) is 4.98 Å². The van der Waals surface area contributed by atoms with Crippen LogP contribution in [0.3, 0.4) is 0 Å². The van der Waals surface area contributed by atoms with E-state index in [2.05, 4.69) is 22.1 Å². The number of hydrogen-bond acceptors (Lipinski definition) is 3. The number of rotatable bonds is 7. The number of carbonyl (C=O) groups is 2. The summed E-state index contributed by atoms with van der Waals surface area (Å²) in [7, 11) is 1.89. The van der Waals surface area contributed by atoms with Gasteiger partial charge in [0, 0.05) is 11.8 Å². The summed E-state index contributed by atoms with van der Waals surface area (Å²) < 4.78 is 0. The standard InChI is InChI=1S/C22H29N5O2/c1-3-18-8-4-5-9-19(18)24-21(28)16-25(2)17-22(29)27-14-12-26(13-15-27)20-10-6-7-11-23-20/h4-11H,3,12-17H2,1-2H3,(H,24,28)/p+2. The highest BCUT2D eigenvalue weighted by Gasteiger charge is 2.27. The number of carbonyl (C=O) groups excluding carboxylic acids is 2. The number of piperazine rings is 1. The van der Waals surface area contributed by atoms with Crippen molar-refractivity contribution in [3.8, 4) is 0 Å². The van der Waals surface area contributed by atoms with E-state index in [1.165, 1.54) is 0 Å². The first-order valence-corrected chi connectivity index (χ1v) is 10.2. The number of pyridine rings is 1. The van der Waals surface area contributed by atoms with Crippen LogP contribution in [0.4, 0.5) is 11.5 Å². The number of hydrogen-bond donors (Lipinski definition) is 2. The number of nitrogens with one attached hydrogen (secondary N) is 3. The van der Waals surface area contributed by atoms with E-state index in [0.717, 1.165) is 41.5 Å². The third kappa shape index (κ3) is 5.77. The first kappa shape index (κ1) is 20.8. The van der Waals surface area contributed by atoms with Gasteiger partial charge in [-0.1, -0.05) is 31.2 Å². The number of aromatic nitrogens is 1. The van der Waals surface area contributed by atoms with E-state index < -0.39 is 0 Å². The summed E-state index contributed by atoms with van der Waals surface area (Å²) in [5.74, 6) is 1.10. The van der Waals surface area contributed by atoms with E-state index in [-0.39, 0.29) is 18.4 Å². The molecule has 3 rings (SSSR count). The number of amides is 2. The zero-order chi connectivity index (χ0) is 20.6. The number of anilines is 2. The molecule has 29 heavy (non-hydrogen) atoms. The maximum atomic E-state index is 12.6. The summed E-state index contributed by atoms with van der Waals surface area (Å²) in [6.07, 6.45) is 2.78. The highest BCUT2D eigenvalue weighted by molar-refractivity contribution is 5.92. The number of para-hydroxylation sites is 1. The van der Waals surface area contributed by atoms with Crippen LogP contribution in [0.5, 0.6) is 0 Å². The summed E-state index contributed by atoms with van der Waals surface area (Å²) >= 11 is 0. The van der Waals surface area contributed by atoms with E-state index in [1.54, 1.807) is 0 Å². The van der Waals surface area contributed by atoms with Crippen LogP contribution < -0.4 is 20.1 Å². The first-order valence-electron chi connectivity index (χ1n) is 10.2. The van der Waals surface area contributed by atoms with Crippen LogP contribution in [0.25, 0.3) is 0 Å². The molecule has 1 aromatic heterocycles. The zero-order valence-corrected chi connectivity index (χ0v) is 17.3. The van der Waals surface area contributed by atoms with E-state index in [1.807, 2.05) is 60.6 Å². The molecule has 1 aliphatic rings. The van der Waals surface area contributed by atoms with Crippen LogP contribution >= 0.6 is 0 Å². The molecule has 0 aliphatic carbocycles. The monoisotopic (exact) mass is 397 g/mol. The molecule has 2 aromatic rings. The third-order valence-electron chi connectivity index (χ3n) is 5.25. The molecule has 1 saturated heterocycles. The molecule has 1 fully saturated rings. The third-order valence-corrected chi connectivity index (χ3v) is 5.25. The van der Waals surface area contributed by atoms with Crippen molar-refractivity contribution in [2.75, 3.05) is 56.5 Å². The predicted octanol–water partition coefficient (Wildman–Crippen LogP) is -0.135. The van der Waals surface area contributed by atoms with Gasteiger partial charge in [-0.3, -0.25) is 14.5 Å². The van der Waals surface area contributed by atoms with Crippen molar-refractivity contribution < 1.29 is 19.5 Å². The molecule has 1 atom stereocenters. The summed E-state index contributed by atoms with van der Waals surface area (Å²) in [6, 6.07) is 13.8. The van der Waals surface area contributed by atoms with Crippen LogP contribution in [0.15, 0.2) is 48.7 Å². The number of H-pyrrole nitrogens is 1. The summed E-state index contributed by atoms with van der Waals surface area (Å²) in [4.78, 5) is 33.3. The van der Waals surface area contributed by atoms with Gasteiger partial charge in [0.1, 0.15) is 13.1 Å². The molecular formula is C22H31N5O2+2. The van der Waals surface area contributed by atoms with Gasteiger partial charge in [-0.2, -0.15) is 0 Å². The van der Waals surface area contributed by atoms with Crippen LogP contribution in [0.1, 0.15) is 12.5 Å². The van der Waals surface area contributed by atoms with Crippen LogP contribution in [0, 0.1) is 0 Å². The molecule has 1 aliphatic heterocycles. The topological polar surface area (TPSA) is 71.2 Å². The second-order valence-electron chi connectivity index (χ2n) is 7.49. The fourth-order valence-electron chi connectivity index (χ4n) is 3.63. The molecule has 1 unspecified atom stereocenters. The second kappa shape index (κ2) is 10.0. The summed E-state index contributed by atoms with van der Waals surface area (Å²) in [6.45, 7) is 5.66. The molecule has 0 radical (unpaired) electrons. The van der Waals surface area contributed by atoms with Gasteiger partial charge in [0.05, 0.1) is 26.3 Å². The normalized spacial score (nSPS) is 15.1. The summed E-state index contributed by atoms with van der Waals surface area (Å²) in [5, 5.41) is 2.97. The van der Waals surface area contributed by atoms with Crippen molar-refractivity contribution in [1.29, 1.82) is 0 Å². The lowest BCUT2D eigenvalue weighted by molar-refractivity contribution is -0.862. The number of quaternary nitrogens is 1. The maximum absolute atomic E-state index is 12.6. The molecule has 3 N–H and O–H groups in total. The Hall–Kier alpha value is -2.93. The lowest BCUT2D eigenvalue weighted by Crippen LogP contribution is -3.11. The van der Waals surface area contributed by atoms with Gasteiger partial charge in [0.25, 0.3) is 17.6 Å². The Labute approximate surface area is 172 Å². The molecule has 2 heterocycles. The first-order chi connectivity index (χ1) is 14.1. The number of nitrogens with zero attached hydrogens (tertiary/aromatic N) is 2. The lowest BCUT2D eigenvalue weighted by atomic mass is 10.1. The average Bonchev–Trinajstić information content (AvgIpc) is 2.74. The number of benzene rings is 1. The quantitative estimate of drug-likeness (QED) is 0.684. The van der Waals surface area contributed by atoms with Gasteiger partial charge in [0.2, 0.25) is 0 Å². The zero-order valence-electron chi connectivity index (χ0n) is 17.3. The Morgan fingerprint density at radius 2 is 1.76 bits per heavy atom. The van der Waals surface area contributed by atoms with Gasteiger partial charge < -0.3 is 15.1 Å². The highest BCUT2D eigenvalue weighted by atomic mass is 16.2. The van der Waals surface area contributed by atoms with Crippen molar-refractivity contribution in [3.05, 3.63) is 54.2 Å². The molecule has 7 heteroatoms. The minimum absolute atomic E-state index is 0.0689. The lowest BCUT2D eigenvalue weighted by Gasteiger charge is -2.31. The second-order valence-corrected chi connectivity index (χ2v) is 7.49. The molecular weight excluding hydrogens is 366 g/mol. The Balaban J connectivity index is 1.44. The van der Waals surface area contributed by atoms with Crippen LogP contribution in [0.2, 0.25) is 0 Å². The van der Waals surface area contributed by atoms with Crippen molar-refractivity contribution in [3.63, 3.8) is 0 Å². The minimum atomic E-state index is -0.0689. The maximum Gasteiger partial charge on any atom is 0.279 e. The Morgan fingerprint density at radius 3 is 2.45 bits per heavy atom. The fourth-order valence-corrected chi connectivity index (χ4v) is 3.63. The number of likely N-dealkylation sites (N-methyl/N-ethyl adjacent to an activating group) is 1. The predicted molar refractivity (Wildman–Crippen MR) is 113 cm³/mol. The smallest absolute Gasteiger partial charge is 0.279 e. The van der Waals surface area contributed by atoms with Gasteiger partial charge in [-0.05, 0) is 24.1 Å². The molecule has 0 spiro atoms.